The van der Waals surface area contributed by atoms with Gasteiger partial charge in [-0.05, 0) is 50.6 Å². The zero-order valence-corrected chi connectivity index (χ0v) is 12.2. The second kappa shape index (κ2) is 8.25. The molecule has 1 N–H and O–H groups in total. The number of rotatable bonds is 8. The predicted octanol–water partition coefficient (Wildman–Crippen LogP) is 3.18. The monoisotopic (exact) mass is 269 g/mol. The molecule has 0 aromatic heterocycles. The summed E-state index contributed by atoms with van der Waals surface area (Å²) in [5, 5.41) is 3.32. The molecule has 4 heteroatoms. The van der Waals surface area contributed by atoms with Crippen LogP contribution in [0.15, 0.2) is 18.2 Å². The van der Waals surface area contributed by atoms with Crippen molar-refractivity contribution in [1.82, 2.24) is 5.32 Å². The number of hydrogen-bond acceptors (Lipinski definition) is 3. The lowest BCUT2D eigenvalue weighted by molar-refractivity contribution is -0.155. The molecule has 0 heterocycles. The summed E-state index contributed by atoms with van der Waals surface area (Å²) < 4.78 is 24.8. The summed E-state index contributed by atoms with van der Waals surface area (Å²) >= 11 is 0. The van der Waals surface area contributed by atoms with Crippen molar-refractivity contribution in [3.05, 3.63) is 35.1 Å². The molecule has 3 nitrogen and oxygen atoms in total. The summed E-state index contributed by atoms with van der Waals surface area (Å²) in [6.45, 7) is 9.70. The molecule has 0 fully saturated rings. The largest absolute Gasteiger partial charge is 0.351 e. The van der Waals surface area contributed by atoms with Crippen LogP contribution in [-0.4, -0.2) is 26.0 Å². The highest BCUT2D eigenvalue weighted by atomic mass is 19.1. The van der Waals surface area contributed by atoms with Crippen LogP contribution in [-0.2, 0) is 9.47 Å². The van der Waals surface area contributed by atoms with Crippen LogP contribution in [0.1, 0.15) is 37.9 Å². The first-order valence-corrected chi connectivity index (χ1v) is 6.86. The molecule has 1 aromatic rings. The van der Waals surface area contributed by atoms with Crippen LogP contribution in [0.5, 0.6) is 0 Å². The first-order valence-electron chi connectivity index (χ1n) is 6.86. The molecular formula is C15H24FNO2. The van der Waals surface area contributed by atoms with Crippen LogP contribution in [0.3, 0.4) is 0 Å². The van der Waals surface area contributed by atoms with E-state index in [2.05, 4.69) is 5.32 Å². The van der Waals surface area contributed by atoms with Gasteiger partial charge in [-0.15, -0.1) is 0 Å². The Balaban J connectivity index is 3.05. The van der Waals surface area contributed by atoms with E-state index in [-0.39, 0.29) is 11.9 Å². The van der Waals surface area contributed by atoms with Gasteiger partial charge in [0, 0.05) is 13.2 Å². The van der Waals surface area contributed by atoms with Crippen LogP contribution in [0.25, 0.3) is 0 Å². The van der Waals surface area contributed by atoms with Crippen LogP contribution in [0.4, 0.5) is 4.39 Å². The highest BCUT2D eigenvalue weighted by Gasteiger charge is 2.25. The number of ether oxygens (including phenoxy) is 2. The van der Waals surface area contributed by atoms with E-state index in [1.165, 1.54) is 6.07 Å². The summed E-state index contributed by atoms with van der Waals surface area (Å²) in [5.74, 6) is -0.241. The minimum atomic E-state index is -0.407. The van der Waals surface area contributed by atoms with Crippen molar-refractivity contribution in [2.45, 2.75) is 40.0 Å². The summed E-state index contributed by atoms with van der Waals surface area (Å²) in [6, 6.07) is 4.64. The third kappa shape index (κ3) is 4.56. The van der Waals surface area contributed by atoms with Gasteiger partial charge in [0.15, 0.2) is 6.29 Å². The third-order valence-corrected chi connectivity index (χ3v) is 2.93. The molecule has 19 heavy (non-hydrogen) atoms. The van der Waals surface area contributed by atoms with Gasteiger partial charge in [-0.2, -0.15) is 0 Å². The van der Waals surface area contributed by atoms with Gasteiger partial charge in [-0.1, -0.05) is 13.0 Å². The Morgan fingerprint density at radius 3 is 2.32 bits per heavy atom. The molecule has 0 aliphatic heterocycles. The zero-order valence-electron chi connectivity index (χ0n) is 12.2. The number of halogens is 1. The topological polar surface area (TPSA) is 30.5 Å². The van der Waals surface area contributed by atoms with Crippen molar-refractivity contribution in [3.63, 3.8) is 0 Å². The molecule has 0 spiro atoms. The SMILES string of the molecule is CCNC(c1cc(F)ccc1C)C(OCC)OCC. The molecule has 0 amide bonds. The maximum Gasteiger partial charge on any atom is 0.176 e. The normalized spacial score (nSPS) is 12.9. The number of hydrogen-bond donors (Lipinski definition) is 1. The number of benzene rings is 1. The number of aryl methyl sites for hydroxylation is 1. The molecule has 0 saturated heterocycles. The minimum absolute atomic E-state index is 0.166. The summed E-state index contributed by atoms with van der Waals surface area (Å²) in [4.78, 5) is 0. The van der Waals surface area contributed by atoms with Crippen LogP contribution < -0.4 is 5.32 Å². The van der Waals surface area contributed by atoms with E-state index in [0.717, 1.165) is 17.7 Å². The van der Waals surface area contributed by atoms with Crippen LogP contribution >= 0.6 is 0 Å². The van der Waals surface area contributed by atoms with E-state index >= 15 is 0 Å². The lowest BCUT2D eigenvalue weighted by atomic mass is 10.0. The van der Waals surface area contributed by atoms with Gasteiger partial charge in [-0.3, -0.25) is 0 Å². The van der Waals surface area contributed by atoms with Gasteiger partial charge in [0.05, 0.1) is 6.04 Å². The van der Waals surface area contributed by atoms with Gasteiger partial charge in [0.1, 0.15) is 5.82 Å². The molecule has 1 unspecified atom stereocenters. The summed E-state index contributed by atoms with van der Waals surface area (Å²) in [7, 11) is 0. The van der Waals surface area contributed by atoms with E-state index in [9.17, 15) is 4.39 Å². The van der Waals surface area contributed by atoms with Crippen molar-refractivity contribution in [1.29, 1.82) is 0 Å². The molecule has 1 atom stereocenters. The highest BCUT2D eigenvalue weighted by molar-refractivity contribution is 5.30. The van der Waals surface area contributed by atoms with Crippen molar-refractivity contribution in [3.8, 4) is 0 Å². The molecule has 1 rings (SSSR count). The van der Waals surface area contributed by atoms with Gasteiger partial charge >= 0.3 is 0 Å². The van der Waals surface area contributed by atoms with Crippen molar-refractivity contribution in [2.24, 2.45) is 0 Å². The standard InChI is InChI=1S/C15H24FNO2/c1-5-17-14(15(18-6-2)19-7-3)13-10-12(16)9-8-11(13)4/h8-10,14-15,17H,5-7H2,1-4H3. The second-order valence-electron chi connectivity index (χ2n) is 4.32. The van der Waals surface area contributed by atoms with Gasteiger partial charge in [0.25, 0.3) is 0 Å². The Morgan fingerprint density at radius 2 is 1.79 bits per heavy atom. The van der Waals surface area contributed by atoms with E-state index in [1.807, 2.05) is 27.7 Å². The van der Waals surface area contributed by atoms with Gasteiger partial charge < -0.3 is 14.8 Å². The summed E-state index contributed by atoms with van der Waals surface area (Å²) in [5.41, 5.74) is 1.91. The van der Waals surface area contributed by atoms with E-state index in [0.29, 0.717) is 13.2 Å². The fourth-order valence-electron chi connectivity index (χ4n) is 2.09. The Labute approximate surface area is 115 Å². The lowest BCUT2D eigenvalue weighted by Gasteiger charge is -2.28. The van der Waals surface area contributed by atoms with Gasteiger partial charge in [0.2, 0.25) is 0 Å². The first kappa shape index (κ1) is 16.1. The van der Waals surface area contributed by atoms with Crippen LogP contribution in [0.2, 0.25) is 0 Å². The number of likely N-dealkylation sites (N-methyl/N-ethyl adjacent to an activating group) is 1. The van der Waals surface area contributed by atoms with E-state index in [4.69, 9.17) is 9.47 Å². The van der Waals surface area contributed by atoms with Crippen molar-refractivity contribution < 1.29 is 13.9 Å². The Hall–Kier alpha value is -0.970. The minimum Gasteiger partial charge on any atom is -0.351 e. The Kier molecular flexibility index (Phi) is 6.99. The second-order valence-corrected chi connectivity index (χ2v) is 4.32. The first-order chi connectivity index (χ1) is 9.13. The molecule has 1 aromatic carbocycles. The quantitative estimate of drug-likeness (QED) is 0.735. The van der Waals surface area contributed by atoms with Crippen LogP contribution in [0, 0.1) is 12.7 Å². The molecular weight excluding hydrogens is 245 g/mol. The Bertz CT molecular complexity index is 378. The fourth-order valence-corrected chi connectivity index (χ4v) is 2.09. The average molecular weight is 269 g/mol. The van der Waals surface area contributed by atoms with Crippen molar-refractivity contribution in [2.75, 3.05) is 19.8 Å². The zero-order chi connectivity index (χ0) is 14.3. The average Bonchev–Trinajstić information content (AvgIpc) is 2.39. The number of nitrogens with one attached hydrogen (secondary N) is 1. The third-order valence-electron chi connectivity index (χ3n) is 2.93. The maximum atomic E-state index is 13.5. The fraction of sp³-hybridized carbons (Fsp3) is 0.600. The lowest BCUT2D eigenvalue weighted by Crippen LogP contribution is -2.36. The van der Waals surface area contributed by atoms with Crippen molar-refractivity contribution >= 4 is 0 Å². The summed E-state index contributed by atoms with van der Waals surface area (Å²) in [6.07, 6.45) is -0.407. The smallest absolute Gasteiger partial charge is 0.176 e. The molecule has 0 aliphatic carbocycles. The molecule has 0 saturated carbocycles. The predicted molar refractivity (Wildman–Crippen MR) is 74.6 cm³/mol. The van der Waals surface area contributed by atoms with Gasteiger partial charge in [-0.25, -0.2) is 4.39 Å². The molecule has 0 bridgehead atoms. The molecule has 0 radical (unpaired) electrons. The highest BCUT2D eigenvalue weighted by Crippen LogP contribution is 2.24. The maximum absolute atomic E-state index is 13.5. The molecule has 0 aliphatic rings. The Morgan fingerprint density at radius 1 is 1.16 bits per heavy atom. The molecule has 108 valence electrons. The van der Waals surface area contributed by atoms with E-state index < -0.39 is 6.29 Å². The van der Waals surface area contributed by atoms with E-state index in [1.54, 1.807) is 12.1 Å².